The maximum absolute atomic E-state index is 3.57. The average Bonchev–Trinajstić information content (AvgIpc) is 2.34. The monoisotopic (exact) mass is 237 g/mol. The topological polar surface area (TPSA) is 12.0 Å². The summed E-state index contributed by atoms with van der Waals surface area (Å²) in [6.45, 7) is 3.22. The number of unbranched alkanes of at least 4 members (excludes halogenated alkanes) is 1. The van der Waals surface area contributed by atoms with Crippen LogP contribution in [0.25, 0.3) is 0 Å². The first-order valence-corrected chi connectivity index (χ1v) is 7.55. The van der Waals surface area contributed by atoms with Gasteiger partial charge in [-0.05, 0) is 37.0 Å². The van der Waals surface area contributed by atoms with Gasteiger partial charge in [-0.25, -0.2) is 0 Å². The zero-order valence-corrected chi connectivity index (χ0v) is 11.2. The lowest BCUT2D eigenvalue weighted by Gasteiger charge is -2.18. The third kappa shape index (κ3) is 5.04. The molecule has 0 fully saturated rings. The second kappa shape index (κ2) is 8.66. The minimum absolute atomic E-state index is 0.535. The first-order valence-electron chi connectivity index (χ1n) is 6.15. The summed E-state index contributed by atoms with van der Waals surface area (Å²) < 4.78 is 0. The van der Waals surface area contributed by atoms with Gasteiger partial charge >= 0.3 is 0 Å². The number of hydrogen-bond acceptors (Lipinski definition) is 2. The summed E-state index contributed by atoms with van der Waals surface area (Å²) in [7, 11) is 0. The standard InChI is InChI=1S/C14H23NS/c1-3-15-14(11-7-8-12-16-2)13-9-5-4-6-10-13/h4-6,9-10,14-15H,3,7-8,11-12H2,1-2H3. The van der Waals surface area contributed by atoms with E-state index >= 15 is 0 Å². The summed E-state index contributed by atoms with van der Waals surface area (Å²) in [6, 6.07) is 11.3. The Morgan fingerprint density at radius 3 is 2.56 bits per heavy atom. The van der Waals surface area contributed by atoms with Crippen LogP contribution < -0.4 is 5.32 Å². The van der Waals surface area contributed by atoms with Crippen molar-refractivity contribution in [3.8, 4) is 0 Å². The van der Waals surface area contributed by atoms with E-state index in [2.05, 4.69) is 48.8 Å². The van der Waals surface area contributed by atoms with Crippen LogP contribution in [0.2, 0.25) is 0 Å². The molecule has 1 aromatic carbocycles. The van der Waals surface area contributed by atoms with Gasteiger partial charge in [-0.2, -0.15) is 11.8 Å². The van der Waals surface area contributed by atoms with Crippen LogP contribution in [0.3, 0.4) is 0 Å². The van der Waals surface area contributed by atoms with Crippen LogP contribution in [0, 0.1) is 0 Å². The summed E-state index contributed by atoms with van der Waals surface area (Å²) in [5, 5.41) is 3.57. The Kier molecular flexibility index (Phi) is 7.35. The average molecular weight is 237 g/mol. The quantitative estimate of drug-likeness (QED) is 0.689. The highest BCUT2D eigenvalue weighted by atomic mass is 32.2. The van der Waals surface area contributed by atoms with Crippen molar-refractivity contribution in [2.24, 2.45) is 0 Å². The Hall–Kier alpha value is -0.470. The van der Waals surface area contributed by atoms with Gasteiger partial charge in [0.05, 0.1) is 0 Å². The molecule has 0 saturated carbocycles. The Morgan fingerprint density at radius 1 is 1.19 bits per heavy atom. The molecule has 0 aromatic heterocycles. The van der Waals surface area contributed by atoms with Gasteiger partial charge in [0.2, 0.25) is 0 Å². The van der Waals surface area contributed by atoms with Gasteiger partial charge in [0.15, 0.2) is 0 Å². The molecule has 0 amide bonds. The van der Waals surface area contributed by atoms with Crippen molar-refractivity contribution in [1.82, 2.24) is 5.32 Å². The van der Waals surface area contributed by atoms with Gasteiger partial charge < -0.3 is 5.32 Å². The van der Waals surface area contributed by atoms with Crippen molar-refractivity contribution >= 4 is 11.8 Å². The molecular weight excluding hydrogens is 214 g/mol. The third-order valence-corrected chi connectivity index (χ3v) is 3.44. The number of rotatable bonds is 8. The summed E-state index contributed by atoms with van der Waals surface area (Å²) in [5.74, 6) is 1.29. The van der Waals surface area contributed by atoms with Gasteiger partial charge in [0.25, 0.3) is 0 Å². The van der Waals surface area contributed by atoms with Gasteiger partial charge in [-0.15, -0.1) is 0 Å². The Labute approximate surface area is 104 Å². The molecule has 1 atom stereocenters. The summed E-state index contributed by atoms with van der Waals surface area (Å²) in [5.41, 5.74) is 1.42. The maximum Gasteiger partial charge on any atom is 0.0320 e. The van der Waals surface area contributed by atoms with Crippen molar-refractivity contribution in [3.05, 3.63) is 35.9 Å². The van der Waals surface area contributed by atoms with Crippen LogP contribution in [0.1, 0.15) is 37.8 Å². The molecule has 0 aliphatic carbocycles. The van der Waals surface area contributed by atoms with Crippen LogP contribution in [0.15, 0.2) is 30.3 Å². The van der Waals surface area contributed by atoms with Crippen molar-refractivity contribution in [3.63, 3.8) is 0 Å². The number of benzene rings is 1. The van der Waals surface area contributed by atoms with E-state index in [1.807, 2.05) is 11.8 Å². The molecule has 0 aliphatic rings. The van der Waals surface area contributed by atoms with E-state index in [9.17, 15) is 0 Å². The van der Waals surface area contributed by atoms with Crippen LogP contribution >= 0.6 is 11.8 Å². The van der Waals surface area contributed by atoms with Crippen LogP contribution in [-0.4, -0.2) is 18.6 Å². The second-order valence-electron chi connectivity index (χ2n) is 4.01. The number of nitrogens with one attached hydrogen (secondary N) is 1. The predicted molar refractivity (Wildman–Crippen MR) is 75.1 cm³/mol. The van der Waals surface area contributed by atoms with E-state index in [1.165, 1.54) is 30.6 Å². The summed E-state index contributed by atoms with van der Waals surface area (Å²) in [6.07, 6.45) is 6.07. The van der Waals surface area contributed by atoms with E-state index in [4.69, 9.17) is 0 Å². The van der Waals surface area contributed by atoms with Crippen molar-refractivity contribution in [2.45, 2.75) is 32.2 Å². The molecule has 1 unspecified atom stereocenters. The lowest BCUT2D eigenvalue weighted by Crippen LogP contribution is -2.20. The van der Waals surface area contributed by atoms with Crippen LogP contribution in [0.5, 0.6) is 0 Å². The summed E-state index contributed by atoms with van der Waals surface area (Å²) in [4.78, 5) is 0. The van der Waals surface area contributed by atoms with Crippen molar-refractivity contribution in [2.75, 3.05) is 18.6 Å². The Morgan fingerprint density at radius 2 is 1.94 bits per heavy atom. The molecule has 0 aliphatic heterocycles. The van der Waals surface area contributed by atoms with Crippen molar-refractivity contribution in [1.29, 1.82) is 0 Å². The fraction of sp³-hybridized carbons (Fsp3) is 0.571. The van der Waals surface area contributed by atoms with Gasteiger partial charge in [0.1, 0.15) is 0 Å². The molecule has 90 valence electrons. The molecule has 2 heteroatoms. The molecule has 1 rings (SSSR count). The number of thioether (sulfide) groups is 1. The first kappa shape index (κ1) is 13.6. The SMILES string of the molecule is CCNC(CCCCSC)c1ccccc1. The summed E-state index contributed by atoms with van der Waals surface area (Å²) >= 11 is 1.94. The van der Waals surface area contributed by atoms with Gasteiger partial charge in [-0.3, -0.25) is 0 Å². The minimum Gasteiger partial charge on any atom is -0.310 e. The van der Waals surface area contributed by atoms with E-state index in [0.29, 0.717) is 6.04 Å². The molecular formula is C14H23NS. The largest absolute Gasteiger partial charge is 0.310 e. The van der Waals surface area contributed by atoms with Crippen LogP contribution in [0.4, 0.5) is 0 Å². The fourth-order valence-corrected chi connectivity index (χ4v) is 2.41. The maximum atomic E-state index is 3.57. The minimum atomic E-state index is 0.535. The van der Waals surface area contributed by atoms with E-state index in [-0.39, 0.29) is 0 Å². The lowest BCUT2D eigenvalue weighted by molar-refractivity contribution is 0.496. The smallest absolute Gasteiger partial charge is 0.0320 e. The molecule has 1 aromatic rings. The highest BCUT2D eigenvalue weighted by Crippen LogP contribution is 2.19. The molecule has 0 saturated heterocycles. The first-order chi connectivity index (χ1) is 7.88. The molecule has 16 heavy (non-hydrogen) atoms. The molecule has 0 bridgehead atoms. The van der Waals surface area contributed by atoms with E-state index in [1.54, 1.807) is 0 Å². The van der Waals surface area contributed by atoms with Crippen molar-refractivity contribution < 1.29 is 0 Å². The zero-order valence-electron chi connectivity index (χ0n) is 10.4. The molecule has 1 N–H and O–H groups in total. The Bertz CT molecular complexity index is 261. The molecule has 0 radical (unpaired) electrons. The van der Waals surface area contributed by atoms with E-state index in [0.717, 1.165) is 6.54 Å². The highest BCUT2D eigenvalue weighted by molar-refractivity contribution is 7.98. The normalized spacial score (nSPS) is 12.6. The fourth-order valence-electron chi connectivity index (χ4n) is 1.91. The lowest BCUT2D eigenvalue weighted by atomic mass is 10.0. The predicted octanol–water partition coefficient (Wildman–Crippen LogP) is 3.87. The highest BCUT2D eigenvalue weighted by Gasteiger charge is 2.08. The van der Waals surface area contributed by atoms with Gasteiger partial charge in [-0.1, -0.05) is 43.7 Å². The van der Waals surface area contributed by atoms with Crippen LogP contribution in [-0.2, 0) is 0 Å². The zero-order chi connectivity index (χ0) is 11.6. The number of hydrogen-bond donors (Lipinski definition) is 1. The third-order valence-electron chi connectivity index (χ3n) is 2.74. The molecule has 1 nitrogen and oxygen atoms in total. The molecule has 0 heterocycles. The molecule has 0 spiro atoms. The van der Waals surface area contributed by atoms with E-state index < -0.39 is 0 Å². The van der Waals surface area contributed by atoms with Gasteiger partial charge in [0, 0.05) is 6.04 Å². The Balaban J connectivity index is 2.41. The second-order valence-corrected chi connectivity index (χ2v) is 5.00.